The van der Waals surface area contributed by atoms with Crippen LogP contribution in [0.3, 0.4) is 0 Å². The summed E-state index contributed by atoms with van der Waals surface area (Å²) in [5, 5.41) is 10.6. The van der Waals surface area contributed by atoms with E-state index in [1.807, 2.05) is 48.5 Å². The third-order valence-electron chi connectivity index (χ3n) is 5.86. The number of hydrogen-bond donors (Lipinski definition) is 2. The number of rotatable bonds is 10. The van der Waals surface area contributed by atoms with Crippen molar-refractivity contribution in [1.82, 2.24) is 20.5 Å². The van der Waals surface area contributed by atoms with Gasteiger partial charge < -0.3 is 10.1 Å². The Bertz CT molecular complexity index is 1550. The number of ether oxygens (including phenoxy) is 1. The van der Waals surface area contributed by atoms with Gasteiger partial charge in [-0.1, -0.05) is 71.9 Å². The predicted molar refractivity (Wildman–Crippen MR) is 147 cm³/mol. The minimum Gasteiger partial charge on any atom is -0.482 e. The van der Waals surface area contributed by atoms with E-state index in [1.54, 1.807) is 6.07 Å². The molecule has 0 saturated heterocycles. The molecule has 5 rings (SSSR count). The van der Waals surface area contributed by atoms with Crippen LogP contribution in [0.25, 0.3) is 11.4 Å². The van der Waals surface area contributed by atoms with Crippen molar-refractivity contribution < 1.29 is 17.9 Å². The highest BCUT2D eigenvalue weighted by atomic mass is 35.5. The van der Waals surface area contributed by atoms with Gasteiger partial charge in [0.2, 0.25) is 5.16 Å². The summed E-state index contributed by atoms with van der Waals surface area (Å²) in [6, 6.07) is 21.4. The zero-order valence-corrected chi connectivity index (χ0v) is 22.5. The van der Waals surface area contributed by atoms with E-state index in [2.05, 4.69) is 20.5 Å². The number of sulfonamides is 1. The molecule has 0 unspecified atom stereocenters. The molecule has 1 aromatic heterocycles. The molecule has 0 saturated carbocycles. The molecule has 4 aromatic rings. The molecule has 1 aliphatic heterocycles. The highest BCUT2D eigenvalue weighted by Gasteiger charge is 2.31. The van der Waals surface area contributed by atoms with Crippen LogP contribution in [0.1, 0.15) is 5.56 Å². The number of benzene rings is 3. The minimum atomic E-state index is -3.78. The second-order valence-electron chi connectivity index (χ2n) is 8.37. The number of fused-ring (bicyclic) bond motifs is 1. The fourth-order valence-electron chi connectivity index (χ4n) is 4.01. The predicted octanol–water partition coefficient (Wildman–Crippen LogP) is 4.16. The average molecular weight is 570 g/mol. The van der Waals surface area contributed by atoms with Gasteiger partial charge in [0, 0.05) is 24.4 Å². The van der Waals surface area contributed by atoms with E-state index in [0.717, 1.165) is 11.1 Å². The summed E-state index contributed by atoms with van der Waals surface area (Å²) in [4.78, 5) is 16.7. The van der Waals surface area contributed by atoms with Gasteiger partial charge in [-0.25, -0.2) is 13.4 Å². The molecule has 196 valence electrons. The third-order valence-corrected chi connectivity index (χ3v) is 8.82. The molecule has 0 fully saturated rings. The quantitative estimate of drug-likeness (QED) is 0.217. The molecule has 9 nitrogen and oxygen atoms in total. The Morgan fingerprint density at radius 2 is 1.89 bits per heavy atom. The second kappa shape index (κ2) is 11.5. The SMILES string of the molecule is O=C(COc1ccc(S(=O)(=O)N2CCc3ccccc32)cc1Cl)NCCSc1n[nH]c(-c2ccccc2)n1. The lowest BCUT2D eigenvalue weighted by molar-refractivity contribution is -0.122. The zero-order valence-electron chi connectivity index (χ0n) is 20.1. The molecule has 2 N–H and O–H groups in total. The maximum absolute atomic E-state index is 13.2. The van der Waals surface area contributed by atoms with Crippen LogP contribution in [0, 0.1) is 0 Å². The molecule has 0 radical (unpaired) electrons. The number of halogens is 1. The van der Waals surface area contributed by atoms with Crippen molar-refractivity contribution in [3.8, 4) is 17.1 Å². The topological polar surface area (TPSA) is 117 Å². The monoisotopic (exact) mass is 569 g/mol. The van der Waals surface area contributed by atoms with E-state index in [1.165, 1.54) is 34.3 Å². The van der Waals surface area contributed by atoms with E-state index in [9.17, 15) is 13.2 Å². The van der Waals surface area contributed by atoms with Crippen LogP contribution in [0.2, 0.25) is 5.02 Å². The minimum absolute atomic E-state index is 0.0652. The second-order valence-corrected chi connectivity index (χ2v) is 11.7. The molecule has 0 aliphatic carbocycles. The molecule has 0 bridgehead atoms. The average Bonchev–Trinajstić information content (AvgIpc) is 3.59. The van der Waals surface area contributed by atoms with E-state index in [0.29, 0.717) is 41.9 Å². The zero-order chi connectivity index (χ0) is 26.5. The maximum atomic E-state index is 13.2. The Labute approximate surface area is 229 Å². The number of aromatic amines is 1. The van der Waals surface area contributed by atoms with Gasteiger partial charge in [0.05, 0.1) is 15.6 Å². The number of nitrogens with zero attached hydrogens (tertiary/aromatic N) is 3. The van der Waals surface area contributed by atoms with Crippen molar-refractivity contribution in [3.05, 3.63) is 83.4 Å². The van der Waals surface area contributed by atoms with Crippen molar-refractivity contribution in [2.24, 2.45) is 0 Å². The van der Waals surface area contributed by atoms with Gasteiger partial charge in [0.1, 0.15) is 5.75 Å². The molecule has 2 heterocycles. The fraction of sp³-hybridized carbons (Fsp3) is 0.192. The Morgan fingerprint density at radius 1 is 1.11 bits per heavy atom. The van der Waals surface area contributed by atoms with Crippen LogP contribution >= 0.6 is 23.4 Å². The van der Waals surface area contributed by atoms with Crippen molar-refractivity contribution in [2.45, 2.75) is 16.5 Å². The number of thioether (sulfide) groups is 1. The molecular weight excluding hydrogens is 546 g/mol. The first-order valence-electron chi connectivity index (χ1n) is 11.8. The Kier molecular flexibility index (Phi) is 7.87. The van der Waals surface area contributed by atoms with Crippen molar-refractivity contribution in [2.75, 3.05) is 29.8 Å². The number of carbonyl (C=O) groups is 1. The van der Waals surface area contributed by atoms with Crippen molar-refractivity contribution >= 4 is 45.0 Å². The van der Waals surface area contributed by atoms with Crippen LogP contribution < -0.4 is 14.4 Å². The number of nitrogens with one attached hydrogen (secondary N) is 2. The van der Waals surface area contributed by atoms with Gasteiger partial charge in [-0.05, 0) is 36.2 Å². The lowest BCUT2D eigenvalue weighted by Crippen LogP contribution is -2.30. The van der Waals surface area contributed by atoms with Crippen molar-refractivity contribution in [3.63, 3.8) is 0 Å². The first-order valence-corrected chi connectivity index (χ1v) is 14.6. The lowest BCUT2D eigenvalue weighted by atomic mass is 10.2. The summed E-state index contributed by atoms with van der Waals surface area (Å²) in [5.41, 5.74) is 2.62. The first kappa shape index (κ1) is 26.1. The molecule has 12 heteroatoms. The smallest absolute Gasteiger partial charge is 0.264 e. The van der Waals surface area contributed by atoms with Crippen molar-refractivity contribution in [1.29, 1.82) is 0 Å². The number of anilines is 1. The number of amides is 1. The number of aromatic nitrogens is 3. The highest BCUT2D eigenvalue weighted by molar-refractivity contribution is 7.99. The number of carbonyl (C=O) groups excluding carboxylic acids is 1. The third kappa shape index (κ3) is 5.79. The van der Waals surface area contributed by atoms with Gasteiger partial charge >= 0.3 is 0 Å². The van der Waals surface area contributed by atoms with Crippen LogP contribution in [-0.2, 0) is 21.2 Å². The van der Waals surface area contributed by atoms with Crippen LogP contribution in [0.4, 0.5) is 5.69 Å². The number of H-pyrrole nitrogens is 1. The summed E-state index contributed by atoms with van der Waals surface area (Å²) in [6.07, 6.45) is 0.658. The molecule has 0 spiro atoms. The molecule has 1 amide bonds. The molecule has 3 aromatic carbocycles. The summed E-state index contributed by atoms with van der Waals surface area (Å²) >= 11 is 7.72. The van der Waals surface area contributed by atoms with E-state index >= 15 is 0 Å². The molecule has 1 aliphatic rings. The first-order chi connectivity index (χ1) is 18.4. The van der Waals surface area contributed by atoms with E-state index in [-0.39, 0.29) is 28.2 Å². The summed E-state index contributed by atoms with van der Waals surface area (Å²) < 4.78 is 33.3. The molecule has 0 atom stereocenters. The highest BCUT2D eigenvalue weighted by Crippen LogP contribution is 2.35. The normalized spacial score (nSPS) is 12.8. The Balaban J connectivity index is 1.09. The van der Waals surface area contributed by atoms with Crippen LogP contribution in [0.15, 0.2) is 82.8 Å². The largest absolute Gasteiger partial charge is 0.482 e. The maximum Gasteiger partial charge on any atom is 0.264 e. The van der Waals surface area contributed by atoms with Gasteiger partial charge in [-0.15, -0.1) is 5.10 Å². The summed E-state index contributed by atoms with van der Waals surface area (Å²) in [5.74, 6) is 1.16. The van der Waals surface area contributed by atoms with Gasteiger partial charge in [-0.3, -0.25) is 14.2 Å². The van der Waals surface area contributed by atoms with Gasteiger partial charge in [0.15, 0.2) is 12.4 Å². The number of para-hydroxylation sites is 1. The van der Waals surface area contributed by atoms with E-state index in [4.69, 9.17) is 16.3 Å². The summed E-state index contributed by atoms with van der Waals surface area (Å²) in [7, 11) is -3.78. The van der Waals surface area contributed by atoms with Crippen LogP contribution in [-0.4, -0.2) is 55.0 Å². The number of hydrogen-bond acceptors (Lipinski definition) is 7. The molecular formula is C26H24ClN5O4S2. The summed E-state index contributed by atoms with van der Waals surface area (Å²) in [6.45, 7) is 0.513. The lowest BCUT2D eigenvalue weighted by Gasteiger charge is -2.20. The Hall–Kier alpha value is -3.54. The van der Waals surface area contributed by atoms with E-state index < -0.39 is 10.0 Å². The Morgan fingerprint density at radius 3 is 2.71 bits per heavy atom. The van der Waals surface area contributed by atoms with Gasteiger partial charge in [-0.2, -0.15) is 0 Å². The fourth-order valence-corrected chi connectivity index (χ4v) is 6.49. The van der Waals surface area contributed by atoms with Gasteiger partial charge in [0.25, 0.3) is 15.9 Å². The van der Waals surface area contributed by atoms with Crippen LogP contribution in [0.5, 0.6) is 5.75 Å². The standard InChI is InChI=1S/C26H24ClN5O4S2/c27-21-16-20(38(34,35)32-14-12-18-6-4-5-9-22(18)32)10-11-23(21)36-17-24(33)28-13-15-37-26-29-25(30-31-26)19-7-2-1-3-8-19/h1-11,16H,12-15,17H2,(H,28,33)(H,29,30,31). The molecule has 38 heavy (non-hydrogen) atoms.